The summed E-state index contributed by atoms with van der Waals surface area (Å²) >= 11 is 2.19. The lowest BCUT2D eigenvalue weighted by atomic mass is 10.3. The van der Waals surface area contributed by atoms with Gasteiger partial charge in [0.05, 0.1) is 12.3 Å². The van der Waals surface area contributed by atoms with Crippen LogP contribution < -0.4 is 5.43 Å². The first-order valence-electron chi connectivity index (χ1n) is 5.32. The standard InChI is InChI=1S/C12H13IN2O3/c1-3-18-12(17)11(16)8(2)14-15-10-6-4-9(13)5-7-10/h4-7,15H,3H2,1-2H3/b14-8+. The molecule has 0 unspecified atom stereocenters. The van der Waals surface area contributed by atoms with E-state index in [-0.39, 0.29) is 12.3 Å². The van der Waals surface area contributed by atoms with Crippen LogP contribution in [0.4, 0.5) is 5.69 Å². The van der Waals surface area contributed by atoms with Crippen molar-refractivity contribution < 1.29 is 14.3 Å². The number of ketones is 1. The number of rotatable bonds is 5. The number of Topliss-reactive ketones (excluding diaryl/α,β-unsaturated/α-hetero) is 1. The van der Waals surface area contributed by atoms with Crippen LogP contribution in [0.5, 0.6) is 0 Å². The van der Waals surface area contributed by atoms with Crippen molar-refractivity contribution in [1.29, 1.82) is 0 Å². The second-order valence-electron chi connectivity index (χ2n) is 3.37. The fourth-order valence-corrected chi connectivity index (χ4v) is 1.43. The van der Waals surface area contributed by atoms with Gasteiger partial charge in [-0.2, -0.15) is 5.10 Å². The van der Waals surface area contributed by atoms with Crippen LogP contribution in [0, 0.1) is 3.57 Å². The summed E-state index contributed by atoms with van der Waals surface area (Å²) in [5, 5.41) is 3.84. The zero-order valence-electron chi connectivity index (χ0n) is 10.1. The molecule has 0 aliphatic heterocycles. The molecule has 18 heavy (non-hydrogen) atoms. The van der Waals surface area contributed by atoms with Crippen molar-refractivity contribution in [1.82, 2.24) is 0 Å². The summed E-state index contributed by atoms with van der Waals surface area (Å²) in [4.78, 5) is 22.6. The van der Waals surface area contributed by atoms with Crippen LogP contribution in [-0.4, -0.2) is 24.1 Å². The molecule has 0 heterocycles. The van der Waals surface area contributed by atoms with Crippen molar-refractivity contribution >= 4 is 45.7 Å². The van der Waals surface area contributed by atoms with Crippen molar-refractivity contribution in [3.8, 4) is 0 Å². The van der Waals surface area contributed by atoms with E-state index in [0.29, 0.717) is 0 Å². The summed E-state index contributed by atoms with van der Waals surface area (Å²) in [6.45, 7) is 3.27. The Morgan fingerprint density at radius 1 is 1.33 bits per heavy atom. The molecule has 0 aliphatic carbocycles. The van der Waals surface area contributed by atoms with Crippen LogP contribution in [0.3, 0.4) is 0 Å². The highest BCUT2D eigenvalue weighted by Crippen LogP contribution is 2.10. The second kappa shape index (κ2) is 7.10. The van der Waals surface area contributed by atoms with Gasteiger partial charge in [-0.3, -0.25) is 10.2 Å². The highest BCUT2D eigenvalue weighted by Gasteiger charge is 2.18. The molecular weight excluding hydrogens is 347 g/mol. The molecule has 0 bridgehead atoms. The number of hydrogen-bond acceptors (Lipinski definition) is 5. The summed E-state index contributed by atoms with van der Waals surface area (Å²) in [5.41, 5.74) is 3.51. The van der Waals surface area contributed by atoms with E-state index in [0.717, 1.165) is 9.26 Å². The van der Waals surface area contributed by atoms with Crippen molar-refractivity contribution in [2.45, 2.75) is 13.8 Å². The third-order valence-corrected chi connectivity index (χ3v) is 2.71. The molecule has 5 nitrogen and oxygen atoms in total. The van der Waals surface area contributed by atoms with E-state index in [2.05, 4.69) is 37.9 Å². The van der Waals surface area contributed by atoms with E-state index in [4.69, 9.17) is 0 Å². The number of nitrogens with zero attached hydrogens (tertiary/aromatic N) is 1. The average molecular weight is 360 g/mol. The molecule has 0 atom stereocenters. The fourth-order valence-electron chi connectivity index (χ4n) is 1.07. The lowest BCUT2D eigenvalue weighted by molar-refractivity contribution is -0.150. The van der Waals surface area contributed by atoms with Crippen molar-refractivity contribution in [3.63, 3.8) is 0 Å². The Labute approximate surface area is 119 Å². The summed E-state index contributed by atoms with van der Waals surface area (Å²) in [7, 11) is 0. The summed E-state index contributed by atoms with van der Waals surface area (Å²) in [6, 6.07) is 7.46. The third-order valence-electron chi connectivity index (χ3n) is 1.99. The highest BCUT2D eigenvalue weighted by molar-refractivity contribution is 14.1. The van der Waals surface area contributed by atoms with E-state index >= 15 is 0 Å². The van der Waals surface area contributed by atoms with Crippen molar-refractivity contribution in [3.05, 3.63) is 27.8 Å². The number of anilines is 1. The largest absolute Gasteiger partial charge is 0.460 e. The van der Waals surface area contributed by atoms with Crippen molar-refractivity contribution in [2.75, 3.05) is 12.0 Å². The first-order chi connectivity index (χ1) is 8.54. The molecule has 1 rings (SSSR count). The zero-order chi connectivity index (χ0) is 13.5. The van der Waals surface area contributed by atoms with Gasteiger partial charge in [-0.1, -0.05) is 0 Å². The summed E-state index contributed by atoms with van der Waals surface area (Å²) in [5.74, 6) is -1.63. The predicted molar refractivity (Wildman–Crippen MR) is 77.5 cm³/mol. The van der Waals surface area contributed by atoms with E-state index in [9.17, 15) is 9.59 Å². The molecule has 6 heteroatoms. The lowest BCUT2D eigenvalue weighted by Crippen LogP contribution is -2.24. The van der Waals surface area contributed by atoms with E-state index in [1.54, 1.807) is 6.92 Å². The van der Waals surface area contributed by atoms with Crippen molar-refractivity contribution in [2.24, 2.45) is 5.10 Å². The minimum Gasteiger partial charge on any atom is -0.460 e. The smallest absolute Gasteiger partial charge is 0.381 e. The molecule has 0 aromatic heterocycles. The Hall–Kier alpha value is -1.44. The van der Waals surface area contributed by atoms with Gasteiger partial charge in [-0.25, -0.2) is 4.79 Å². The van der Waals surface area contributed by atoms with E-state index < -0.39 is 11.8 Å². The molecule has 0 saturated heterocycles. The molecule has 0 radical (unpaired) electrons. The Bertz CT molecular complexity index is 469. The number of halogens is 1. The number of nitrogens with one attached hydrogen (secondary N) is 1. The van der Waals surface area contributed by atoms with Gasteiger partial charge in [-0.05, 0) is 60.7 Å². The average Bonchev–Trinajstić information content (AvgIpc) is 2.37. The van der Waals surface area contributed by atoms with Gasteiger partial charge in [0.25, 0.3) is 5.78 Å². The third kappa shape index (κ3) is 4.44. The Morgan fingerprint density at radius 3 is 2.50 bits per heavy atom. The van der Waals surface area contributed by atoms with Gasteiger partial charge >= 0.3 is 5.97 Å². The number of benzene rings is 1. The molecule has 0 aliphatic rings. The first-order valence-corrected chi connectivity index (χ1v) is 6.39. The number of esters is 1. The molecule has 0 fully saturated rings. The second-order valence-corrected chi connectivity index (χ2v) is 4.61. The van der Waals surface area contributed by atoms with Gasteiger partial charge in [0, 0.05) is 3.57 Å². The Kier molecular flexibility index (Phi) is 5.76. The van der Waals surface area contributed by atoms with Crippen LogP contribution >= 0.6 is 22.6 Å². The minimum atomic E-state index is -0.886. The molecule has 1 aromatic carbocycles. The molecule has 0 saturated carbocycles. The molecule has 96 valence electrons. The quantitative estimate of drug-likeness (QED) is 0.288. The normalized spacial score (nSPS) is 10.9. The summed E-state index contributed by atoms with van der Waals surface area (Å²) < 4.78 is 5.69. The van der Waals surface area contributed by atoms with Gasteiger partial charge in [0.15, 0.2) is 0 Å². The highest BCUT2D eigenvalue weighted by atomic mass is 127. The number of carbonyl (C=O) groups is 2. The maximum atomic E-state index is 11.5. The van der Waals surface area contributed by atoms with Crippen LogP contribution in [0.25, 0.3) is 0 Å². The molecular formula is C12H13IN2O3. The maximum absolute atomic E-state index is 11.5. The zero-order valence-corrected chi connectivity index (χ0v) is 12.2. The number of carbonyl (C=O) groups excluding carboxylic acids is 2. The van der Waals surface area contributed by atoms with Crippen LogP contribution in [-0.2, 0) is 14.3 Å². The van der Waals surface area contributed by atoms with Gasteiger partial charge in [0.1, 0.15) is 5.71 Å². The molecule has 1 N–H and O–H groups in total. The molecule has 0 spiro atoms. The van der Waals surface area contributed by atoms with Crippen LogP contribution in [0.1, 0.15) is 13.8 Å². The Morgan fingerprint density at radius 2 is 1.94 bits per heavy atom. The van der Waals surface area contributed by atoms with Crippen LogP contribution in [0.2, 0.25) is 0 Å². The monoisotopic (exact) mass is 360 g/mol. The fraction of sp³-hybridized carbons (Fsp3) is 0.250. The Balaban J connectivity index is 2.64. The maximum Gasteiger partial charge on any atom is 0.381 e. The predicted octanol–water partition coefficient (Wildman–Crippen LogP) is 2.21. The van der Waals surface area contributed by atoms with Gasteiger partial charge in [-0.15, -0.1) is 0 Å². The lowest BCUT2D eigenvalue weighted by Gasteiger charge is -2.03. The molecule has 0 amide bonds. The van der Waals surface area contributed by atoms with E-state index in [1.807, 2.05) is 24.3 Å². The topological polar surface area (TPSA) is 67.8 Å². The minimum absolute atomic E-state index is 0.0620. The van der Waals surface area contributed by atoms with Gasteiger partial charge < -0.3 is 4.74 Å². The van der Waals surface area contributed by atoms with Crippen LogP contribution in [0.15, 0.2) is 29.4 Å². The molecule has 1 aromatic rings. The number of hydrogen-bond donors (Lipinski definition) is 1. The number of ether oxygens (including phenoxy) is 1. The number of hydrazone groups is 1. The first kappa shape index (κ1) is 14.6. The van der Waals surface area contributed by atoms with E-state index in [1.165, 1.54) is 6.92 Å². The summed E-state index contributed by atoms with van der Waals surface area (Å²) in [6.07, 6.45) is 0. The SMILES string of the molecule is CCOC(=O)C(=O)/C(C)=N/Nc1ccc(I)cc1. The van der Waals surface area contributed by atoms with Gasteiger partial charge in [0.2, 0.25) is 0 Å².